The van der Waals surface area contributed by atoms with E-state index >= 15 is 0 Å². The lowest BCUT2D eigenvalue weighted by Gasteiger charge is -2.35. The Morgan fingerprint density at radius 3 is 3.12 bits per heavy atom. The number of piperidine rings is 1. The highest BCUT2D eigenvalue weighted by molar-refractivity contribution is 5.86. The third kappa shape index (κ3) is 1.82. The Morgan fingerprint density at radius 2 is 2.50 bits per heavy atom. The van der Waals surface area contributed by atoms with Crippen molar-refractivity contribution in [2.24, 2.45) is 0 Å². The van der Waals surface area contributed by atoms with Gasteiger partial charge in [-0.1, -0.05) is 0 Å². The molecule has 2 rings (SSSR count). The molecule has 4 N–H and O–H groups in total. The zero-order valence-corrected chi connectivity index (χ0v) is 9.36. The van der Waals surface area contributed by atoms with E-state index in [1.807, 2.05) is 4.90 Å². The molecule has 6 heteroatoms. The van der Waals surface area contributed by atoms with Crippen molar-refractivity contribution in [3.05, 3.63) is 6.20 Å². The van der Waals surface area contributed by atoms with Crippen LogP contribution in [0.5, 0.6) is 0 Å². The number of nitrogens with one attached hydrogen (secondary N) is 2. The molecule has 1 amide bonds. The fourth-order valence-corrected chi connectivity index (χ4v) is 2.18. The van der Waals surface area contributed by atoms with Crippen LogP contribution in [0.2, 0.25) is 0 Å². The Bertz CT molecular complexity index is 375. The molecule has 1 aliphatic heterocycles. The van der Waals surface area contributed by atoms with Gasteiger partial charge in [0.05, 0.1) is 11.9 Å². The molecule has 0 spiro atoms. The number of rotatable bonds is 2. The maximum absolute atomic E-state index is 11.8. The highest BCUT2D eigenvalue weighted by Gasteiger charge is 2.29. The molecule has 1 saturated heterocycles. The summed E-state index contributed by atoms with van der Waals surface area (Å²) in [5, 5.41) is 9.29. The second-order valence-electron chi connectivity index (χ2n) is 3.99. The van der Waals surface area contributed by atoms with E-state index in [0.717, 1.165) is 31.5 Å². The number of carbonyl (C=O) groups is 1. The molecule has 0 bridgehead atoms. The predicted molar refractivity (Wildman–Crippen MR) is 62.1 cm³/mol. The van der Waals surface area contributed by atoms with Gasteiger partial charge in [0.2, 0.25) is 5.91 Å². The van der Waals surface area contributed by atoms with Crippen molar-refractivity contribution in [2.45, 2.75) is 25.3 Å². The zero-order chi connectivity index (χ0) is 11.5. The van der Waals surface area contributed by atoms with Crippen LogP contribution in [0.3, 0.4) is 0 Å². The first kappa shape index (κ1) is 10.8. The standard InChI is InChI=1S/C10H17N5O/c1-12-10(16)7-4-2-3-5-15(7)8-6-13-14-9(8)11/h6-7H,2-5H2,1H3,(H,12,16)(H3,11,13,14). The second-order valence-corrected chi connectivity index (χ2v) is 3.99. The molecule has 88 valence electrons. The number of hydrogen-bond acceptors (Lipinski definition) is 4. The van der Waals surface area contributed by atoms with Gasteiger partial charge in [-0.15, -0.1) is 0 Å². The monoisotopic (exact) mass is 223 g/mol. The van der Waals surface area contributed by atoms with Crippen molar-refractivity contribution >= 4 is 17.4 Å². The summed E-state index contributed by atoms with van der Waals surface area (Å²) in [6.45, 7) is 0.849. The fourth-order valence-electron chi connectivity index (χ4n) is 2.18. The Kier molecular flexibility index (Phi) is 2.98. The lowest BCUT2D eigenvalue weighted by Crippen LogP contribution is -2.49. The van der Waals surface area contributed by atoms with Crippen molar-refractivity contribution in [2.75, 3.05) is 24.2 Å². The third-order valence-corrected chi connectivity index (χ3v) is 3.01. The van der Waals surface area contributed by atoms with Crippen LogP contribution in [0.1, 0.15) is 19.3 Å². The van der Waals surface area contributed by atoms with Crippen molar-refractivity contribution in [3.63, 3.8) is 0 Å². The van der Waals surface area contributed by atoms with E-state index < -0.39 is 0 Å². The third-order valence-electron chi connectivity index (χ3n) is 3.01. The van der Waals surface area contributed by atoms with E-state index in [1.165, 1.54) is 0 Å². The van der Waals surface area contributed by atoms with Gasteiger partial charge in [0, 0.05) is 13.6 Å². The number of H-pyrrole nitrogens is 1. The Balaban J connectivity index is 2.23. The van der Waals surface area contributed by atoms with E-state index in [1.54, 1.807) is 13.2 Å². The van der Waals surface area contributed by atoms with Gasteiger partial charge in [-0.3, -0.25) is 9.89 Å². The summed E-state index contributed by atoms with van der Waals surface area (Å²) >= 11 is 0. The number of likely N-dealkylation sites (N-methyl/N-ethyl adjacent to an activating group) is 1. The number of aromatic nitrogens is 2. The maximum atomic E-state index is 11.8. The highest BCUT2D eigenvalue weighted by Crippen LogP contribution is 2.27. The Labute approximate surface area is 94.2 Å². The Morgan fingerprint density at radius 1 is 1.69 bits per heavy atom. The summed E-state index contributed by atoms with van der Waals surface area (Å²) in [6, 6.07) is -0.126. The van der Waals surface area contributed by atoms with Crippen LogP contribution in [0.25, 0.3) is 0 Å². The molecule has 1 aliphatic rings. The van der Waals surface area contributed by atoms with Gasteiger partial charge < -0.3 is 16.0 Å². The van der Waals surface area contributed by atoms with Gasteiger partial charge in [0.25, 0.3) is 0 Å². The minimum Gasteiger partial charge on any atom is -0.382 e. The molecule has 1 atom stereocenters. The first-order chi connectivity index (χ1) is 7.74. The first-order valence-electron chi connectivity index (χ1n) is 5.51. The second kappa shape index (κ2) is 4.42. The van der Waals surface area contributed by atoms with Crippen molar-refractivity contribution in [1.29, 1.82) is 0 Å². The number of aromatic amines is 1. The van der Waals surface area contributed by atoms with Crippen molar-refractivity contribution in [1.82, 2.24) is 15.5 Å². The number of carbonyl (C=O) groups excluding carboxylic acids is 1. The molecular weight excluding hydrogens is 206 g/mol. The van der Waals surface area contributed by atoms with E-state index in [0.29, 0.717) is 5.82 Å². The van der Waals surface area contributed by atoms with Gasteiger partial charge in [0.15, 0.2) is 0 Å². The van der Waals surface area contributed by atoms with Gasteiger partial charge in [-0.05, 0) is 19.3 Å². The summed E-state index contributed by atoms with van der Waals surface area (Å²) < 4.78 is 0. The van der Waals surface area contributed by atoms with Crippen LogP contribution >= 0.6 is 0 Å². The molecule has 1 aromatic rings. The summed E-state index contributed by atoms with van der Waals surface area (Å²) in [6.07, 6.45) is 4.70. The summed E-state index contributed by atoms with van der Waals surface area (Å²) in [4.78, 5) is 13.8. The number of nitrogens with two attached hydrogens (primary N) is 1. The van der Waals surface area contributed by atoms with Crippen molar-refractivity contribution in [3.8, 4) is 0 Å². The molecular formula is C10H17N5O. The van der Waals surface area contributed by atoms with Gasteiger partial charge in [-0.2, -0.15) is 5.10 Å². The number of anilines is 2. The number of nitrogens with zero attached hydrogens (tertiary/aromatic N) is 2. The molecule has 1 unspecified atom stereocenters. The van der Waals surface area contributed by atoms with Crippen LogP contribution in [0.15, 0.2) is 6.20 Å². The SMILES string of the molecule is CNC(=O)C1CCCCN1c1cn[nH]c1N. The molecule has 6 nitrogen and oxygen atoms in total. The molecule has 1 fully saturated rings. The molecule has 0 aromatic carbocycles. The quantitative estimate of drug-likeness (QED) is 0.663. The number of nitrogen functional groups attached to an aromatic ring is 1. The van der Waals surface area contributed by atoms with Crippen LogP contribution in [-0.4, -0.2) is 35.7 Å². The lowest BCUT2D eigenvalue weighted by molar-refractivity contribution is -0.122. The van der Waals surface area contributed by atoms with E-state index in [9.17, 15) is 4.79 Å². The molecule has 2 heterocycles. The van der Waals surface area contributed by atoms with Crippen LogP contribution in [0, 0.1) is 0 Å². The lowest BCUT2D eigenvalue weighted by atomic mass is 10.0. The van der Waals surface area contributed by atoms with Crippen LogP contribution in [0.4, 0.5) is 11.5 Å². The van der Waals surface area contributed by atoms with E-state index in [4.69, 9.17) is 5.73 Å². The first-order valence-corrected chi connectivity index (χ1v) is 5.51. The van der Waals surface area contributed by atoms with Crippen molar-refractivity contribution < 1.29 is 4.79 Å². The van der Waals surface area contributed by atoms with Gasteiger partial charge in [-0.25, -0.2) is 0 Å². The Hall–Kier alpha value is -1.72. The van der Waals surface area contributed by atoms with Gasteiger partial charge >= 0.3 is 0 Å². The average molecular weight is 223 g/mol. The summed E-state index contributed by atoms with van der Waals surface area (Å²) in [5.41, 5.74) is 6.61. The minimum atomic E-state index is -0.126. The maximum Gasteiger partial charge on any atom is 0.242 e. The number of hydrogen-bond donors (Lipinski definition) is 3. The van der Waals surface area contributed by atoms with E-state index in [2.05, 4.69) is 15.5 Å². The molecule has 16 heavy (non-hydrogen) atoms. The van der Waals surface area contributed by atoms with Crippen LogP contribution in [-0.2, 0) is 4.79 Å². The smallest absolute Gasteiger partial charge is 0.242 e. The normalized spacial score (nSPS) is 20.8. The summed E-state index contributed by atoms with van der Waals surface area (Å²) in [7, 11) is 1.66. The molecule has 0 saturated carbocycles. The average Bonchev–Trinajstić information content (AvgIpc) is 2.74. The van der Waals surface area contributed by atoms with Crippen LogP contribution < -0.4 is 16.0 Å². The number of amides is 1. The summed E-state index contributed by atoms with van der Waals surface area (Å²) in [5.74, 6) is 0.566. The molecule has 0 aliphatic carbocycles. The zero-order valence-electron chi connectivity index (χ0n) is 9.36. The topological polar surface area (TPSA) is 87.0 Å². The predicted octanol–water partition coefficient (Wildman–Crippen LogP) is 0.0968. The molecule has 1 aromatic heterocycles. The van der Waals surface area contributed by atoms with E-state index in [-0.39, 0.29) is 11.9 Å². The minimum absolute atomic E-state index is 0.0419. The van der Waals surface area contributed by atoms with Gasteiger partial charge in [0.1, 0.15) is 11.9 Å². The largest absolute Gasteiger partial charge is 0.382 e. The highest BCUT2D eigenvalue weighted by atomic mass is 16.2. The molecule has 0 radical (unpaired) electrons. The fraction of sp³-hybridized carbons (Fsp3) is 0.600.